The van der Waals surface area contributed by atoms with Crippen LogP contribution in [0.15, 0.2) is 56.5 Å². The summed E-state index contributed by atoms with van der Waals surface area (Å²) in [4.78, 5) is 22.9. The number of furan rings is 1. The number of carbonyl (C=O) groups is 1. The second kappa shape index (κ2) is 10.9. The average Bonchev–Trinajstić information content (AvgIpc) is 3.25. The fraction of sp³-hybridized carbons (Fsp3) is 0.357. The zero-order valence-corrected chi connectivity index (χ0v) is 23.5. The molecule has 2 N–H and O–H groups in total. The molecule has 0 aliphatic heterocycles. The highest BCUT2D eigenvalue weighted by atomic mass is 79.9. The number of aromatic hydroxyl groups is 1. The minimum absolute atomic E-state index is 0.0248. The molecule has 196 valence electrons. The monoisotopic (exact) mass is 569 g/mol. The van der Waals surface area contributed by atoms with Gasteiger partial charge < -0.3 is 9.52 Å². The Morgan fingerprint density at radius 3 is 2.24 bits per heavy atom. The summed E-state index contributed by atoms with van der Waals surface area (Å²) < 4.78 is 6.27. The number of non-ortho nitro benzene ring substituents is 1. The summed E-state index contributed by atoms with van der Waals surface area (Å²) in [5, 5.41) is 25.8. The minimum Gasteiger partial charge on any atom is -0.507 e. The van der Waals surface area contributed by atoms with Gasteiger partial charge in [0.05, 0.1) is 11.1 Å². The van der Waals surface area contributed by atoms with Gasteiger partial charge in [-0.25, -0.2) is 5.43 Å². The average molecular weight is 570 g/mol. The van der Waals surface area contributed by atoms with E-state index in [-0.39, 0.29) is 28.8 Å². The molecule has 0 aliphatic carbocycles. The summed E-state index contributed by atoms with van der Waals surface area (Å²) in [7, 11) is 0. The molecule has 1 amide bonds. The van der Waals surface area contributed by atoms with Gasteiger partial charge in [0.15, 0.2) is 0 Å². The van der Waals surface area contributed by atoms with E-state index in [1.54, 1.807) is 18.2 Å². The van der Waals surface area contributed by atoms with Crippen LogP contribution in [0, 0.1) is 10.1 Å². The van der Waals surface area contributed by atoms with Crippen LogP contribution in [0.5, 0.6) is 5.75 Å². The number of hydrogen-bond acceptors (Lipinski definition) is 6. The van der Waals surface area contributed by atoms with Crippen LogP contribution in [0.4, 0.5) is 5.69 Å². The number of rotatable bonds is 7. The van der Waals surface area contributed by atoms with E-state index in [1.165, 1.54) is 18.3 Å². The third-order valence-electron chi connectivity index (χ3n) is 5.86. The minimum atomic E-state index is -0.466. The molecule has 0 bridgehead atoms. The van der Waals surface area contributed by atoms with Gasteiger partial charge in [0.2, 0.25) is 5.91 Å². The number of phenolic OH excluding ortho intramolecular Hbond substituents is 1. The van der Waals surface area contributed by atoms with Crippen LogP contribution in [-0.2, 0) is 22.0 Å². The van der Waals surface area contributed by atoms with Gasteiger partial charge >= 0.3 is 0 Å². The Hall–Kier alpha value is -3.46. The van der Waals surface area contributed by atoms with Crippen molar-refractivity contribution < 1.29 is 19.2 Å². The number of benzene rings is 2. The number of nitrogens with one attached hydrogen (secondary N) is 1. The number of nitro groups is 1. The van der Waals surface area contributed by atoms with Gasteiger partial charge in [0, 0.05) is 28.6 Å². The van der Waals surface area contributed by atoms with Gasteiger partial charge in [0.1, 0.15) is 17.3 Å². The van der Waals surface area contributed by atoms with E-state index in [2.05, 4.69) is 68.0 Å². The molecule has 1 heterocycles. The van der Waals surface area contributed by atoms with Crippen molar-refractivity contribution in [2.45, 2.75) is 65.2 Å². The van der Waals surface area contributed by atoms with E-state index < -0.39 is 4.92 Å². The number of nitrogens with zero attached hydrogens (tertiary/aromatic N) is 2. The van der Waals surface area contributed by atoms with Gasteiger partial charge in [-0.05, 0) is 68.1 Å². The molecule has 9 heteroatoms. The molecule has 1 aromatic heterocycles. The molecule has 8 nitrogen and oxygen atoms in total. The Morgan fingerprint density at radius 1 is 1.08 bits per heavy atom. The molecular formula is C28H32BrN3O5. The zero-order valence-electron chi connectivity index (χ0n) is 21.9. The fourth-order valence-electron chi connectivity index (χ4n) is 3.85. The smallest absolute Gasteiger partial charge is 0.270 e. The van der Waals surface area contributed by atoms with E-state index in [9.17, 15) is 20.0 Å². The SMILES string of the molecule is CC(C)(C)c1cc(CCC(=O)N/N=C/c2ccc(-c3ccc([N+](=O)[O-])cc3Br)o2)cc(C(C)(C)C)c1O. The molecule has 0 spiro atoms. The van der Waals surface area contributed by atoms with Crippen LogP contribution in [0.3, 0.4) is 0 Å². The Kier molecular flexibility index (Phi) is 8.27. The Morgan fingerprint density at radius 2 is 1.70 bits per heavy atom. The maximum absolute atomic E-state index is 12.4. The molecule has 0 fully saturated rings. The van der Waals surface area contributed by atoms with Crippen molar-refractivity contribution >= 4 is 33.7 Å². The maximum atomic E-state index is 12.4. The molecule has 0 atom stereocenters. The highest BCUT2D eigenvalue weighted by Gasteiger charge is 2.26. The van der Waals surface area contributed by atoms with Crippen molar-refractivity contribution in [1.82, 2.24) is 5.43 Å². The number of hydrogen-bond donors (Lipinski definition) is 2. The normalized spacial score (nSPS) is 12.2. The van der Waals surface area contributed by atoms with E-state index in [1.807, 2.05) is 12.1 Å². The first kappa shape index (κ1) is 28.1. The van der Waals surface area contributed by atoms with Gasteiger partial charge in [-0.1, -0.05) is 53.7 Å². The largest absolute Gasteiger partial charge is 0.507 e. The molecule has 0 radical (unpaired) electrons. The van der Waals surface area contributed by atoms with Crippen LogP contribution in [-0.4, -0.2) is 22.2 Å². The molecule has 2 aromatic carbocycles. The Labute approximate surface area is 225 Å². The topological polar surface area (TPSA) is 118 Å². The van der Waals surface area contributed by atoms with Crippen molar-refractivity contribution in [1.29, 1.82) is 0 Å². The summed E-state index contributed by atoms with van der Waals surface area (Å²) in [6, 6.07) is 11.8. The van der Waals surface area contributed by atoms with Crippen molar-refractivity contribution in [3.05, 3.63) is 79.5 Å². The second-order valence-corrected chi connectivity index (χ2v) is 11.8. The number of phenols is 1. The number of aryl methyl sites for hydroxylation is 1. The molecule has 0 aliphatic rings. The second-order valence-electron chi connectivity index (χ2n) is 11.0. The summed E-state index contributed by atoms with van der Waals surface area (Å²) in [6.45, 7) is 12.3. The summed E-state index contributed by atoms with van der Waals surface area (Å²) in [5.74, 6) is 0.995. The number of hydrazone groups is 1. The highest BCUT2D eigenvalue weighted by Crippen LogP contribution is 2.40. The molecule has 0 saturated carbocycles. The Balaban J connectivity index is 1.65. The van der Waals surface area contributed by atoms with Crippen LogP contribution in [0.25, 0.3) is 11.3 Å². The standard InChI is InChI=1S/C28H32BrN3O5/c1-27(2,3)21-13-17(14-22(26(21)34)28(4,5)6)7-12-25(33)31-30-16-19-9-11-24(37-19)20-10-8-18(32(35)36)15-23(20)29/h8-11,13-16,34H,7,12H2,1-6H3,(H,31,33)/b30-16+. The molecular weight excluding hydrogens is 538 g/mol. The van der Waals surface area contributed by atoms with Gasteiger partial charge in [-0.3, -0.25) is 14.9 Å². The zero-order chi connectivity index (χ0) is 27.5. The quantitative estimate of drug-likeness (QED) is 0.180. The first-order valence-corrected chi connectivity index (χ1v) is 12.7. The highest BCUT2D eigenvalue weighted by molar-refractivity contribution is 9.10. The molecule has 3 aromatic rings. The van der Waals surface area contributed by atoms with Crippen LogP contribution >= 0.6 is 15.9 Å². The fourth-order valence-corrected chi connectivity index (χ4v) is 4.41. The van der Waals surface area contributed by atoms with Crippen LogP contribution in [0.1, 0.15) is 70.4 Å². The van der Waals surface area contributed by atoms with Crippen LogP contribution < -0.4 is 5.43 Å². The van der Waals surface area contributed by atoms with E-state index in [0.29, 0.717) is 33.7 Å². The number of halogens is 1. The molecule has 37 heavy (non-hydrogen) atoms. The van der Waals surface area contributed by atoms with Crippen LogP contribution in [0.2, 0.25) is 0 Å². The number of carbonyl (C=O) groups excluding carboxylic acids is 1. The lowest BCUT2D eigenvalue weighted by atomic mass is 9.78. The third-order valence-corrected chi connectivity index (χ3v) is 6.52. The molecule has 0 saturated heterocycles. The van der Waals surface area contributed by atoms with Crippen molar-refractivity contribution in [2.24, 2.45) is 5.10 Å². The van der Waals surface area contributed by atoms with Crippen molar-refractivity contribution in [3.8, 4) is 17.1 Å². The summed E-state index contributed by atoms with van der Waals surface area (Å²) in [5.41, 5.74) is 5.39. The number of nitro benzene ring substituents is 1. The predicted molar refractivity (Wildman–Crippen MR) is 148 cm³/mol. The number of amides is 1. The lowest BCUT2D eigenvalue weighted by molar-refractivity contribution is -0.384. The van der Waals surface area contributed by atoms with E-state index >= 15 is 0 Å². The third kappa shape index (κ3) is 7.07. The van der Waals surface area contributed by atoms with Crippen molar-refractivity contribution in [2.75, 3.05) is 0 Å². The van der Waals surface area contributed by atoms with E-state index in [4.69, 9.17) is 4.42 Å². The van der Waals surface area contributed by atoms with Gasteiger partial charge in [-0.15, -0.1) is 0 Å². The van der Waals surface area contributed by atoms with E-state index in [0.717, 1.165) is 16.7 Å². The lowest BCUT2D eigenvalue weighted by Crippen LogP contribution is -2.20. The molecule has 3 rings (SSSR count). The summed E-state index contributed by atoms with van der Waals surface area (Å²) >= 11 is 3.33. The van der Waals surface area contributed by atoms with Gasteiger partial charge in [0.25, 0.3) is 5.69 Å². The first-order chi connectivity index (χ1) is 17.2. The summed E-state index contributed by atoms with van der Waals surface area (Å²) in [6.07, 6.45) is 2.14. The maximum Gasteiger partial charge on any atom is 0.270 e. The molecule has 0 unspecified atom stereocenters. The first-order valence-electron chi connectivity index (χ1n) is 11.9. The lowest BCUT2D eigenvalue weighted by Gasteiger charge is -2.28. The van der Waals surface area contributed by atoms with Crippen molar-refractivity contribution in [3.63, 3.8) is 0 Å². The predicted octanol–water partition coefficient (Wildman–Crippen LogP) is 7.00. The Bertz CT molecular complexity index is 1310. The van der Waals surface area contributed by atoms with Gasteiger partial charge in [-0.2, -0.15) is 5.10 Å².